The first kappa shape index (κ1) is 16.6. The van der Waals surface area contributed by atoms with Crippen LogP contribution in [0.15, 0.2) is 18.2 Å². The van der Waals surface area contributed by atoms with Crippen molar-refractivity contribution in [2.45, 2.75) is 19.9 Å². The summed E-state index contributed by atoms with van der Waals surface area (Å²) in [7, 11) is 1.56. The lowest BCUT2D eigenvalue weighted by atomic mass is 10.2. The Hall–Kier alpha value is -1.46. The Morgan fingerprint density at radius 2 is 2.20 bits per heavy atom. The molecule has 0 fully saturated rings. The van der Waals surface area contributed by atoms with E-state index < -0.39 is 0 Å². The molecule has 2 amide bonds. The van der Waals surface area contributed by atoms with Crippen LogP contribution in [0.4, 0.5) is 4.79 Å². The Labute approximate surface area is 124 Å². The Bertz CT molecular complexity index is 434. The molecule has 0 aliphatic rings. The molecular weight excluding hydrogens is 280 g/mol. The molecule has 0 unspecified atom stereocenters. The predicted molar refractivity (Wildman–Crippen MR) is 79.2 cm³/mol. The molecule has 5 nitrogen and oxygen atoms in total. The normalized spacial score (nSPS) is 10.2. The number of benzene rings is 1. The van der Waals surface area contributed by atoms with Gasteiger partial charge in [0.2, 0.25) is 0 Å². The van der Waals surface area contributed by atoms with Gasteiger partial charge in [-0.15, -0.1) is 0 Å². The van der Waals surface area contributed by atoms with Crippen molar-refractivity contribution in [1.82, 2.24) is 10.2 Å². The summed E-state index contributed by atoms with van der Waals surface area (Å²) in [6, 6.07) is 5.08. The standard InChI is InChI=1S/C14H21ClN2O3/c1-3-6-17(7-8-18)14(19)16-10-11-4-5-12(15)9-13(11)20-2/h4-5,9,18H,3,6-8,10H2,1-2H3,(H,16,19). The minimum atomic E-state index is -0.196. The zero-order chi connectivity index (χ0) is 15.0. The fourth-order valence-electron chi connectivity index (χ4n) is 1.85. The van der Waals surface area contributed by atoms with Crippen LogP contribution in [-0.2, 0) is 6.54 Å². The van der Waals surface area contributed by atoms with E-state index in [9.17, 15) is 4.79 Å². The highest BCUT2D eigenvalue weighted by atomic mass is 35.5. The number of nitrogens with zero attached hydrogens (tertiary/aromatic N) is 1. The summed E-state index contributed by atoms with van der Waals surface area (Å²) in [5, 5.41) is 12.4. The second kappa shape index (κ2) is 8.66. The van der Waals surface area contributed by atoms with Crippen molar-refractivity contribution in [3.8, 4) is 5.75 Å². The zero-order valence-corrected chi connectivity index (χ0v) is 12.6. The fourth-order valence-corrected chi connectivity index (χ4v) is 2.01. The average molecular weight is 301 g/mol. The molecule has 0 bridgehead atoms. The summed E-state index contributed by atoms with van der Waals surface area (Å²) in [4.78, 5) is 13.6. The summed E-state index contributed by atoms with van der Waals surface area (Å²) < 4.78 is 5.22. The van der Waals surface area contributed by atoms with Crippen molar-refractivity contribution < 1.29 is 14.6 Å². The van der Waals surface area contributed by atoms with Gasteiger partial charge in [0.15, 0.2) is 0 Å². The molecule has 112 valence electrons. The molecule has 20 heavy (non-hydrogen) atoms. The van der Waals surface area contributed by atoms with E-state index in [1.807, 2.05) is 13.0 Å². The van der Waals surface area contributed by atoms with Gasteiger partial charge in [0.25, 0.3) is 0 Å². The molecule has 0 radical (unpaired) electrons. The van der Waals surface area contributed by atoms with Crippen LogP contribution in [-0.4, -0.2) is 42.8 Å². The van der Waals surface area contributed by atoms with Gasteiger partial charge >= 0.3 is 6.03 Å². The SMILES string of the molecule is CCCN(CCO)C(=O)NCc1ccc(Cl)cc1OC. The molecule has 0 aliphatic heterocycles. The number of ether oxygens (including phenoxy) is 1. The monoisotopic (exact) mass is 300 g/mol. The van der Waals surface area contributed by atoms with Crippen LogP contribution in [0.2, 0.25) is 5.02 Å². The van der Waals surface area contributed by atoms with E-state index in [1.54, 1.807) is 24.1 Å². The maximum Gasteiger partial charge on any atom is 0.317 e. The lowest BCUT2D eigenvalue weighted by Gasteiger charge is -2.21. The lowest BCUT2D eigenvalue weighted by Crippen LogP contribution is -2.41. The first-order valence-electron chi connectivity index (χ1n) is 6.58. The van der Waals surface area contributed by atoms with E-state index in [0.717, 1.165) is 12.0 Å². The number of aliphatic hydroxyl groups excluding tert-OH is 1. The van der Waals surface area contributed by atoms with E-state index in [0.29, 0.717) is 30.4 Å². The van der Waals surface area contributed by atoms with Crippen LogP contribution >= 0.6 is 11.6 Å². The number of hydrogen-bond donors (Lipinski definition) is 2. The van der Waals surface area contributed by atoms with Crippen LogP contribution in [0.25, 0.3) is 0 Å². The first-order valence-corrected chi connectivity index (χ1v) is 6.96. The molecule has 2 N–H and O–H groups in total. The molecular formula is C14H21ClN2O3. The molecule has 0 saturated carbocycles. The molecule has 0 aliphatic carbocycles. The Morgan fingerprint density at radius 1 is 1.45 bits per heavy atom. The third kappa shape index (κ3) is 4.90. The number of urea groups is 1. The van der Waals surface area contributed by atoms with Gasteiger partial charge in [-0.3, -0.25) is 0 Å². The van der Waals surface area contributed by atoms with Crippen LogP contribution in [0, 0.1) is 0 Å². The number of carbonyl (C=O) groups is 1. The lowest BCUT2D eigenvalue weighted by molar-refractivity contribution is 0.177. The Morgan fingerprint density at radius 3 is 2.80 bits per heavy atom. The largest absolute Gasteiger partial charge is 0.496 e. The van der Waals surface area contributed by atoms with E-state index in [-0.39, 0.29) is 12.6 Å². The van der Waals surface area contributed by atoms with E-state index in [4.69, 9.17) is 21.4 Å². The number of aliphatic hydroxyl groups is 1. The van der Waals surface area contributed by atoms with Gasteiger partial charge in [0.05, 0.1) is 13.7 Å². The van der Waals surface area contributed by atoms with Gasteiger partial charge in [-0.1, -0.05) is 24.6 Å². The highest BCUT2D eigenvalue weighted by molar-refractivity contribution is 6.30. The first-order chi connectivity index (χ1) is 9.62. The maximum absolute atomic E-state index is 12.0. The molecule has 0 saturated heterocycles. The van der Waals surface area contributed by atoms with Crippen molar-refractivity contribution in [2.75, 3.05) is 26.8 Å². The number of rotatable bonds is 7. The quantitative estimate of drug-likeness (QED) is 0.812. The molecule has 1 rings (SSSR count). The Balaban J connectivity index is 2.63. The summed E-state index contributed by atoms with van der Waals surface area (Å²) in [5.41, 5.74) is 0.852. The van der Waals surface area contributed by atoms with Crippen molar-refractivity contribution in [1.29, 1.82) is 0 Å². The van der Waals surface area contributed by atoms with Gasteiger partial charge in [-0.05, 0) is 18.6 Å². The summed E-state index contributed by atoms with van der Waals surface area (Å²) in [6.07, 6.45) is 0.845. The summed E-state index contributed by atoms with van der Waals surface area (Å²) in [5.74, 6) is 0.641. The minimum absolute atomic E-state index is 0.0440. The van der Waals surface area contributed by atoms with E-state index in [2.05, 4.69) is 5.32 Å². The molecule has 6 heteroatoms. The van der Waals surface area contributed by atoms with Crippen molar-refractivity contribution >= 4 is 17.6 Å². The van der Waals surface area contributed by atoms with E-state index in [1.165, 1.54) is 0 Å². The van der Waals surface area contributed by atoms with Gasteiger partial charge in [-0.25, -0.2) is 4.79 Å². The zero-order valence-electron chi connectivity index (χ0n) is 11.9. The van der Waals surface area contributed by atoms with Crippen LogP contribution < -0.4 is 10.1 Å². The second-order valence-corrected chi connectivity index (χ2v) is 4.76. The summed E-state index contributed by atoms with van der Waals surface area (Å²) >= 11 is 5.89. The van der Waals surface area contributed by atoms with E-state index >= 15 is 0 Å². The number of halogens is 1. The van der Waals surface area contributed by atoms with Crippen molar-refractivity contribution in [3.63, 3.8) is 0 Å². The number of hydrogen-bond acceptors (Lipinski definition) is 3. The van der Waals surface area contributed by atoms with Gasteiger partial charge in [-0.2, -0.15) is 0 Å². The third-order valence-electron chi connectivity index (χ3n) is 2.83. The molecule has 0 spiro atoms. The minimum Gasteiger partial charge on any atom is -0.496 e. The second-order valence-electron chi connectivity index (χ2n) is 4.33. The van der Waals surface area contributed by atoms with Crippen molar-refractivity contribution in [2.24, 2.45) is 0 Å². The highest BCUT2D eigenvalue weighted by Crippen LogP contribution is 2.22. The number of carbonyl (C=O) groups excluding carboxylic acids is 1. The smallest absolute Gasteiger partial charge is 0.317 e. The summed E-state index contributed by atoms with van der Waals surface area (Å²) in [6.45, 7) is 3.24. The number of amides is 2. The highest BCUT2D eigenvalue weighted by Gasteiger charge is 2.12. The van der Waals surface area contributed by atoms with Crippen molar-refractivity contribution in [3.05, 3.63) is 28.8 Å². The topological polar surface area (TPSA) is 61.8 Å². The average Bonchev–Trinajstić information content (AvgIpc) is 2.45. The van der Waals surface area contributed by atoms with Gasteiger partial charge in [0.1, 0.15) is 5.75 Å². The fraction of sp³-hybridized carbons (Fsp3) is 0.500. The maximum atomic E-state index is 12.0. The van der Waals surface area contributed by atoms with Gasteiger partial charge in [0, 0.05) is 30.2 Å². The predicted octanol–water partition coefficient (Wildman–Crippen LogP) is 2.26. The number of methoxy groups -OCH3 is 1. The molecule has 0 atom stereocenters. The van der Waals surface area contributed by atoms with Gasteiger partial charge < -0.3 is 20.1 Å². The molecule has 0 heterocycles. The molecule has 0 aromatic heterocycles. The molecule has 1 aromatic carbocycles. The van der Waals surface area contributed by atoms with Crippen LogP contribution in [0.5, 0.6) is 5.75 Å². The number of nitrogens with one attached hydrogen (secondary N) is 1. The Kier molecular flexibility index (Phi) is 7.18. The van der Waals surface area contributed by atoms with Crippen LogP contribution in [0.1, 0.15) is 18.9 Å². The molecule has 1 aromatic rings. The third-order valence-corrected chi connectivity index (χ3v) is 3.06. The van der Waals surface area contributed by atoms with Crippen LogP contribution in [0.3, 0.4) is 0 Å².